The van der Waals surface area contributed by atoms with Gasteiger partial charge in [0.05, 0.1) is 11.9 Å². The summed E-state index contributed by atoms with van der Waals surface area (Å²) in [6.45, 7) is 1.86. The van der Waals surface area contributed by atoms with Crippen LogP contribution in [0.5, 0.6) is 0 Å². The molecule has 2 heterocycles. The highest BCUT2D eigenvalue weighted by molar-refractivity contribution is 5.95. The Labute approximate surface area is 200 Å². The van der Waals surface area contributed by atoms with Crippen molar-refractivity contribution in [3.63, 3.8) is 0 Å². The van der Waals surface area contributed by atoms with Crippen molar-refractivity contribution in [2.24, 2.45) is 0 Å². The fraction of sp³-hybridized carbons (Fsp3) is 0.280. The molecular weight excluding hydrogens is 457 g/mol. The summed E-state index contributed by atoms with van der Waals surface area (Å²) in [4.78, 5) is 12.6. The molecule has 0 spiro atoms. The van der Waals surface area contributed by atoms with Crippen LogP contribution in [-0.2, 0) is 23.9 Å². The maximum Gasteiger partial charge on any atom is 0.434 e. The van der Waals surface area contributed by atoms with Crippen LogP contribution in [0.4, 0.5) is 18.9 Å². The number of rotatable bonds is 9. The topological polar surface area (TPSA) is 88.5 Å². The zero-order valence-corrected chi connectivity index (χ0v) is 19.1. The number of nitrogens with zero attached hydrogens (tertiary/aromatic N) is 4. The minimum absolute atomic E-state index is 0.00424. The van der Waals surface area contributed by atoms with Crippen molar-refractivity contribution in [2.45, 2.75) is 45.3 Å². The molecule has 0 fully saturated rings. The van der Waals surface area contributed by atoms with Crippen LogP contribution in [0.3, 0.4) is 0 Å². The molecule has 4 rings (SSSR count). The van der Waals surface area contributed by atoms with Gasteiger partial charge in [-0.15, -0.1) is 5.10 Å². The molecular formula is C25H25F3N6O. The molecule has 7 nitrogen and oxygen atoms in total. The summed E-state index contributed by atoms with van der Waals surface area (Å²) in [5.74, 6) is -0.684. The van der Waals surface area contributed by atoms with Gasteiger partial charge < -0.3 is 5.32 Å². The summed E-state index contributed by atoms with van der Waals surface area (Å²) in [5.41, 5.74) is 1.55. The Kier molecular flexibility index (Phi) is 7.28. The Morgan fingerprint density at radius 3 is 2.46 bits per heavy atom. The smallest absolute Gasteiger partial charge is 0.321 e. The molecule has 0 radical (unpaired) electrons. The second-order valence-electron chi connectivity index (χ2n) is 8.19. The number of hydrogen-bond donors (Lipinski definition) is 2. The quantitative estimate of drug-likeness (QED) is 0.299. The van der Waals surface area contributed by atoms with E-state index in [1.165, 1.54) is 23.1 Å². The Hall–Kier alpha value is -3.95. The summed E-state index contributed by atoms with van der Waals surface area (Å²) in [5, 5.41) is 16.2. The summed E-state index contributed by atoms with van der Waals surface area (Å²) in [6, 6.07) is 16.3. The number of anilines is 1. The van der Waals surface area contributed by atoms with Crippen LogP contribution in [0.2, 0.25) is 0 Å². The first-order chi connectivity index (χ1) is 16.8. The van der Waals surface area contributed by atoms with Crippen molar-refractivity contribution in [1.82, 2.24) is 25.2 Å². The van der Waals surface area contributed by atoms with E-state index >= 15 is 0 Å². The van der Waals surface area contributed by atoms with E-state index in [1.807, 2.05) is 29.4 Å². The minimum Gasteiger partial charge on any atom is -0.321 e. The van der Waals surface area contributed by atoms with Crippen LogP contribution in [-0.4, -0.2) is 31.1 Å². The van der Waals surface area contributed by atoms with Gasteiger partial charge in [-0.25, -0.2) is 4.68 Å². The number of aromatic amines is 1. The second kappa shape index (κ2) is 10.5. The average Bonchev–Trinajstić information content (AvgIpc) is 3.47. The highest BCUT2D eigenvalue weighted by atomic mass is 19.4. The molecule has 0 unspecified atom stereocenters. The Bertz CT molecular complexity index is 1260. The Morgan fingerprint density at radius 2 is 1.77 bits per heavy atom. The van der Waals surface area contributed by atoms with Crippen LogP contribution in [0.15, 0.2) is 60.8 Å². The lowest BCUT2D eigenvalue weighted by molar-refractivity contribution is -0.140. The number of halogens is 3. The summed E-state index contributed by atoms with van der Waals surface area (Å²) < 4.78 is 41.8. The number of alkyl halides is 3. The lowest BCUT2D eigenvalue weighted by atomic mass is 10.0. The van der Waals surface area contributed by atoms with Gasteiger partial charge in [-0.3, -0.25) is 9.89 Å². The molecule has 0 saturated carbocycles. The molecule has 0 aliphatic rings. The number of carbonyl (C=O) groups excluding carboxylic acids is 1. The minimum atomic E-state index is -4.72. The van der Waals surface area contributed by atoms with Gasteiger partial charge in [-0.2, -0.15) is 18.3 Å². The number of benzene rings is 2. The number of carbonyl (C=O) groups is 1. The number of amides is 1. The van der Waals surface area contributed by atoms with E-state index in [1.54, 1.807) is 36.5 Å². The maximum absolute atomic E-state index is 13.5. The summed E-state index contributed by atoms with van der Waals surface area (Å²) in [7, 11) is 0. The third kappa shape index (κ3) is 5.95. The predicted octanol–water partition coefficient (Wildman–Crippen LogP) is 5.73. The number of hydrogen-bond acceptors (Lipinski definition) is 4. The van der Waals surface area contributed by atoms with Gasteiger partial charge in [0.2, 0.25) is 5.91 Å². The van der Waals surface area contributed by atoms with Crippen molar-refractivity contribution in [2.75, 3.05) is 5.32 Å². The molecule has 2 N–H and O–H groups in total. The van der Waals surface area contributed by atoms with Crippen LogP contribution >= 0.6 is 0 Å². The zero-order chi connectivity index (χ0) is 24.8. The molecule has 4 aromatic rings. The second-order valence-corrected chi connectivity index (χ2v) is 8.19. The first kappa shape index (κ1) is 24.2. The number of aromatic nitrogens is 5. The van der Waals surface area contributed by atoms with Crippen molar-refractivity contribution in [3.05, 3.63) is 72.1 Å². The fourth-order valence-electron chi connectivity index (χ4n) is 3.73. The molecule has 0 bridgehead atoms. The molecule has 0 saturated heterocycles. The Balaban J connectivity index is 1.47. The maximum atomic E-state index is 13.5. The van der Waals surface area contributed by atoms with E-state index in [9.17, 15) is 18.0 Å². The summed E-state index contributed by atoms with van der Waals surface area (Å²) in [6.07, 6.45) is 1.38. The molecule has 2 aromatic heterocycles. The molecule has 2 aromatic carbocycles. The van der Waals surface area contributed by atoms with E-state index in [0.717, 1.165) is 18.4 Å². The van der Waals surface area contributed by atoms with Gasteiger partial charge in [0.25, 0.3) is 0 Å². The average molecular weight is 483 g/mol. The number of unbranched alkanes of at least 4 members (excludes halogenated alkanes) is 2. The SMILES string of the molecule is CCCCCc1ccc(-c2cn(CC(=O)Nc3c(-c4ccccc4)n[nH]c3C(F)(F)F)nn2)cc1. The van der Waals surface area contributed by atoms with Gasteiger partial charge >= 0.3 is 6.18 Å². The van der Waals surface area contributed by atoms with E-state index in [2.05, 4.69) is 27.7 Å². The fourth-order valence-corrected chi connectivity index (χ4v) is 3.73. The number of nitrogens with one attached hydrogen (secondary N) is 2. The third-order valence-corrected chi connectivity index (χ3v) is 5.52. The normalized spacial score (nSPS) is 11.5. The zero-order valence-electron chi connectivity index (χ0n) is 19.1. The lowest BCUT2D eigenvalue weighted by Crippen LogP contribution is -2.21. The monoisotopic (exact) mass is 482 g/mol. The molecule has 1 amide bonds. The largest absolute Gasteiger partial charge is 0.434 e. The van der Waals surface area contributed by atoms with E-state index < -0.39 is 23.5 Å². The first-order valence-corrected chi connectivity index (χ1v) is 11.4. The van der Waals surface area contributed by atoms with E-state index in [-0.39, 0.29) is 12.2 Å². The van der Waals surface area contributed by atoms with Crippen LogP contribution in [0.25, 0.3) is 22.5 Å². The standard InChI is InChI=1S/C25H25F3N6O/c1-2-3-5-8-17-11-13-18(14-12-17)20-15-34(33-30-20)16-21(35)29-23-22(19-9-6-4-7-10-19)31-32-24(23)25(26,27)28/h4,6-7,9-15H,2-3,5,8,16H2,1H3,(H,29,35)(H,31,32). The van der Waals surface area contributed by atoms with Gasteiger partial charge in [-0.1, -0.05) is 79.6 Å². The molecule has 10 heteroatoms. The van der Waals surface area contributed by atoms with E-state index in [4.69, 9.17) is 0 Å². The van der Waals surface area contributed by atoms with Crippen molar-refractivity contribution in [3.8, 4) is 22.5 Å². The highest BCUT2D eigenvalue weighted by Gasteiger charge is 2.38. The van der Waals surface area contributed by atoms with Crippen molar-refractivity contribution >= 4 is 11.6 Å². The van der Waals surface area contributed by atoms with Crippen LogP contribution < -0.4 is 5.32 Å². The molecule has 0 atom stereocenters. The third-order valence-electron chi connectivity index (χ3n) is 5.52. The van der Waals surface area contributed by atoms with Gasteiger partial charge in [0.1, 0.15) is 17.9 Å². The molecule has 35 heavy (non-hydrogen) atoms. The van der Waals surface area contributed by atoms with Gasteiger partial charge in [0, 0.05) is 11.1 Å². The molecule has 182 valence electrons. The van der Waals surface area contributed by atoms with Crippen LogP contribution in [0, 0.1) is 0 Å². The van der Waals surface area contributed by atoms with Crippen LogP contribution in [0.1, 0.15) is 37.4 Å². The van der Waals surface area contributed by atoms with Crippen molar-refractivity contribution < 1.29 is 18.0 Å². The van der Waals surface area contributed by atoms with Gasteiger partial charge in [-0.05, 0) is 18.4 Å². The van der Waals surface area contributed by atoms with E-state index in [0.29, 0.717) is 11.3 Å². The lowest BCUT2D eigenvalue weighted by Gasteiger charge is -2.10. The molecule has 0 aliphatic carbocycles. The number of aryl methyl sites for hydroxylation is 1. The van der Waals surface area contributed by atoms with Crippen molar-refractivity contribution in [1.29, 1.82) is 0 Å². The highest BCUT2D eigenvalue weighted by Crippen LogP contribution is 2.38. The van der Waals surface area contributed by atoms with Gasteiger partial charge in [0.15, 0.2) is 5.69 Å². The first-order valence-electron chi connectivity index (χ1n) is 11.4. The number of H-pyrrole nitrogens is 1. The Morgan fingerprint density at radius 1 is 1.03 bits per heavy atom. The predicted molar refractivity (Wildman–Crippen MR) is 126 cm³/mol. The summed E-state index contributed by atoms with van der Waals surface area (Å²) >= 11 is 0. The molecule has 0 aliphatic heterocycles.